The number of carbonyl (C=O) groups is 2. The van der Waals surface area contributed by atoms with Gasteiger partial charge in [0.25, 0.3) is 0 Å². The molecule has 1 heterocycles. The number of amides is 2. The van der Waals surface area contributed by atoms with E-state index < -0.39 is 0 Å². The van der Waals surface area contributed by atoms with Crippen molar-refractivity contribution in [3.8, 4) is 0 Å². The van der Waals surface area contributed by atoms with Gasteiger partial charge in [0.05, 0.1) is 6.54 Å². The fraction of sp³-hybridized carbons (Fsp3) is 0.235. The quantitative estimate of drug-likeness (QED) is 0.822. The Morgan fingerprint density at radius 1 is 1.00 bits per heavy atom. The maximum Gasteiger partial charge on any atom is 0.243 e. The van der Waals surface area contributed by atoms with Crippen LogP contribution in [0.1, 0.15) is 18.4 Å². The molecular formula is C17H19N3O2. The second kappa shape index (κ2) is 8.56. The number of rotatable bonds is 7. The molecule has 22 heavy (non-hydrogen) atoms. The van der Waals surface area contributed by atoms with Crippen LogP contribution in [0.3, 0.4) is 0 Å². The third-order valence-electron chi connectivity index (χ3n) is 3.10. The van der Waals surface area contributed by atoms with Crippen LogP contribution in [0.2, 0.25) is 0 Å². The van der Waals surface area contributed by atoms with Crippen LogP contribution in [-0.2, 0) is 16.0 Å². The van der Waals surface area contributed by atoms with Crippen LogP contribution >= 0.6 is 0 Å². The molecule has 0 bridgehead atoms. The minimum absolute atomic E-state index is 0.0133. The Labute approximate surface area is 129 Å². The first kappa shape index (κ1) is 15.7. The van der Waals surface area contributed by atoms with E-state index in [9.17, 15) is 9.59 Å². The SMILES string of the molecule is O=C(CCCc1cccnc1)NCC(=O)Nc1ccccc1. The van der Waals surface area contributed by atoms with Crippen molar-refractivity contribution in [2.45, 2.75) is 19.3 Å². The van der Waals surface area contributed by atoms with Crippen LogP contribution < -0.4 is 10.6 Å². The molecular weight excluding hydrogens is 278 g/mol. The number of aromatic nitrogens is 1. The van der Waals surface area contributed by atoms with Crippen molar-refractivity contribution < 1.29 is 9.59 Å². The molecule has 1 aromatic carbocycles. The fourth-order valence-corrected chi connectivity index (χ4v) is 1.99. The van der Waals surface area contributed by atoms with Gasteiger partial charge in [-0.1, -0.05) is 24.3 Å². The van der Waals surface area contributed by atoms with E-state index in [0.717, 1.165) is 24.1 Å². The van der Waals surface area contributed by atoms with Crippen LogP contribution in [0.5, 0.6) is 0 Å². The summed E-state index contributed by atoms with van der Waals surface area (Å²) in [4.78, 5) is 27.4. The second-order valence-electron chi connectivity index (χ2n) is 4.91. The average molecular weight is 297 g/mol. The van der Waals surface area contributed by atoms with Crippen molar-refractivity contribution in [1.29, 1.82) is 0 Å². The van der Waals surface area contributed by atoms with Gasteiger partial charge in [0.1, 0.15) is 0 Å². The molecule has 0 fully saturated rings. The average Bonchev–Trinajstić information content (AvgIpc) is 2.55. The molecule has 0 spiro atoms. The van der Waals surface area contributed by atoms with Crippen molar-refractivity contribution in [3.63, 3.8) is 0 Å². The van der Waals surface area contributed by atoms with E-state index in [0.29, 0.717) is 6.42 Å². The molecule has 2 rings (SSSR count). The highest BCUT2D eigenvalue weighted by Crippen LogP contribution is 2.04. The number of nitrogens with zero attached hydrogens (tertiary/aromatic N) is 1. The molecule has 0 unspecified atom stereocenters. The smallest absolute Gasteiger partial charge is 0.243 e. The lowest BCUT2D eigenvalue weighted by Gasteiger charge is -2.07. The molecule has 5 heteroatoms. The summed E-state index contributed by atoms with van der Waals surface area (Å²) in [6.07, 6.45) is 5.45. The molecule has 0 saturated carbocycles. The number of benzene rings is 1. The molecule has 2 N–H and O–H groups in total. The number of hydrogen-bond acceptors (Lipinski definition) is 3. The van der Waals surface area contributed by atoms with Gasteiger partial charge >= 0.3 is 0 Å². The van der Waals surface area contributed by atoms with Gasteiger partial charge in [0, 0.05) is 24.5 Å². The van der Waals surface area contributed by atoms with Gasteiger partial charge in [0.2, 0.25) is 11.8 Å². The van der Waals surface area contributed by atoms with Gasteiger partial charge in [-0.25, -0.2) is 0 Å². The third kappa shape index (κ3) is 5.75. The lowest BCUT2D eigenvalue weighted by Crippen LogP contribution is -2.32. The lowest BCUT2D eigenvalue weighted by molar-refractivity contribution is -0.124. The number of nitrogens with one attached hydrogen (secondary N) is 2. The summed E-state index contributed by atoms with van der Waals surface area (Å²) in [5, 5.41) is 5.34. The molecule has 5 nitrogen and oxygen atoms in total. The molecule has 1 aromatic heterocycles. The van der Waals surface area contributed by atoms with Gasteiger partial charge in [-0.2, -0.15) is 0 Å². The van der Waals surface area contributed by atoms with Crippen LogP contribution in [0.15, 0.2) is 54.9 Å². The number of aryl methyl sites for hydroxylation is 1. The standard InChI is InChI=1S/C17H19N3O2/c21-16(10-4-6-14-7-5-11-18-12-14)19-13-17(22)20-15-8-2-1-3-9-15/h1-3,5,7-9,11-12H,4,6,10,13H2,(H,19,21)(H,20,22). The highest BCUT2D eigenvalue weighted by molar-refractivity contribution is 5.94. The first-order valence-corrected chi connectivity index (χ1v) is 7.24. The van der Waals surface area contributed by atoms with E-state index in [4.69, 9.17) is 0 Å². The van der Waals surface area contributed by atoms with Crippen molar-refractivity contribution in [1.82, 2.24) is 10.3 Å². The van der Waals surface area contributed by atoms with Crippen molar-refractivity contribution in [2.75, 3.05) is 11.9 Å². The summed E-state index contributed by atoms with van der Waals surface area (Å²) >= 11 is 0. The first-order valence-electron chi connectivity index (χ1n) is 7.24. The monoisotopic (exact) mass is 297 g/mol. The Kier molecular flexibility index (Phi) is 6.11. The highest BCUT2D eigenvalue weighted by atomic mass is 16.2. The number of hydrogen-bond donors (Lipinski definition) is 2. The Hall–Kier alpha value is -2.69. The zero-order valence-electron chi connectivity index (χ0n) is 12.3. The number of para-hydroxylation sites is 1. The van der Waals surface area contributed by atoms with Gasteiger partial charge in [-0.05, 0) is 36.6 Å². The maximum absolute atomic E-state index is 11.7. The summed E-state index contributed by atoms with van der Waals surface area (Å²) < 4.78 is 0. The Bertz CT molecular complexity index is 600. The minimum Gasteiger partial charge on any atom is -0.347 e. The topological polar surface area (TPSA) is 71.1 Å². The molecule has 0 atom stereocenters. The van der Waals surface area contributed by atoms with Crippen LogP contribution in [0, 0.1) is 0 Å². The molecule has 0 aliphatic rings. The summed E-state index contributed by atoms with van der Waals surface area (Å²) in [5.74, 6) is -0.348. The van der Waals surface area contributed by atoms with E-state index in [-0.39, 0.29) is 18.4 Å². The molecule has 0 aliphatic heterocycles. The van der Waals surface area contributed by atoms with E-state index in [1.165, 1.54) is 0 Å². The lowest BCUT2D eigenvalue weighted by atomic mass is 10.1. The largest absolute Gasteiger partial charge is 0.347 e. The van der Waals surface area contributed by atoms with E-state index >= 15 is 0 Å². The maximum atomic E-state index is 11.7. The summed E-state index contributed by atoms with van der Waals surface area (Å²) in [6, 6.07) is 13.0. The summed E-state index contributed by atoms with van der Waals surface area (Å²) in [7, 11) is 0. The van der Waals surface area contributed by atoms with Gasteiger partial charge in [-0.15, -0.1) is 0 Å². The zero-order valence-corrected chi connectivity index (χ0v) is 12.3. The molecule has 2 amide bonds. The normalized spacial score (nSPS) is 10.0. The number of pyridine rings is 1. The predicted molar refractivity (Wildman–Crippen MR) is 85.3 cm³/mol. The van der Waals surface area contributed by atoms with E-state index in [1.54, 1.807) is 24.5 Å². The molecule has 0 radical (unpaired) electrons. The highest BCUT2D eigenvalue weighted by Gasteiger charge is 2.06. The number of anilines is 1. The number of carbonyl (C=O) groups excluding carboxylic acids is 2. The predicted octanol–water partition coefficient (Wildman–Crippen LogP) is 2.16. The first-order chi connectivity index (χ1) is 10.7. The summed E-state index contributed by atoms with van der Waals surface area (Å²) in [6.45, 7) is -0.0133. The van der Waals surface area contributed by atoms with Gasteiger partial charge in [-0.3, -0.25) is 14.6 Å². The summed E-state index contributed by atoms with van der Waals surface area (Å²) in [5.41, 5.74) is 1.83. The molecule has 114 valence electrons. The van der Waals surface area contributed by atoms with Crippen LogP contribution in [-0.4, -0.2) is 23.3 Å². The van der Waals surface area contributed by atoms with E-state index in [2.05, 4.69) is 15.6 Å². The molecule has 0 aliphatic carbocycles. The van der Waals surface area contributed by atoms with Crippen LogP contribution in [0.25, 0.3) is 0 Å². The zero-order chi connectivity index (χ0) is 15.6. The Morgan fingerprint density at radius 2 is 1.82 bits per heavy atom. The second-order valence-corrected chi connectivity index (χ2v) is 4.91. The van der Waals surface area contributed by atoms with Crippen LogP contribution in [0.4, 0.5) is 5.69 Å². The minimum atomic E-state index is -0.230. The van der Waals surface area contributed by atoms with Crippen molar-refractivity contribution >= 4 is 17.5 Å². The fourth-order valence-electron chi connectivity index (χ4n) is 1.99. The van der Waals surface area contributed by atoms with Gasteiger partial charge < -0.3 is 10.6 Å². The molecule has 2 aromatic rings. The Morgan fingerprint density at radius 3 is 2.55 bits per heavy atom. The Balaban J connectivity index is 1.62. The molecule has 0 saturated heterocycles. The van der Waals surface area contributed by atoms with Crippen molar-refractivity contribution in [3.05, 3.63) is 60.4 Å². The van der Waals surface area contributed by atoms with E-state index in [1.807, 2.05) is 30.3 Å². The van der Waals surface area contributed by atoms with Gasteiger partial charge in [0.15, 0.2) is 0 Å². The van der Waals surface area contributed by atoms with Crippen molar-refractivity contribution in [2.24, 2.45) is 0 Å². The third-order valence-corrected chi connectivity index (χ3v) is 3.10.